The molecule has 1 aliphatic heterocycles. The molecule has 22 heavy (non-hydrogen) atoms. The topological polar surface area (TPSA) is 81.4 Å². The summed E-state index contributed by atoms with van der Waals surface area (Å²) in [4.78, 5) is 23.0. The first-order chi connectivity index (χ1) is 10.4. The number of nitrogens with one attached hydrogen (secondary N) is 1. The quantitative estimate of drug-likeness (QED) is 0.871. The van der Waals surface area contributed by atoms with Crippen molar-refractivity contribution in [3.05, 3.63) is 28.5 Å². The predicted molar refractivity (Wildman–Crippen MR) is 81.1 cm³/mol. The van der Waals surface area contributed by atoms with E-state index in [4.69, 9.17) is 22.1 Å². The van der Waals surface area contributed by atoms with Crippen molar-refractivity contribution in [1.82, 2.24) is 0 Å². The van der Waals surface area contributed by atoms with Crippen LogP contribution in [-0.2, 0) is 14.3 Å². The zero-order chi connectivity index (χ0) is 16.3. The second-order valence-corrected chi connectivity index (χ2v) is 5.75. The van der Waals surface area contributed by atoms with Crippen molar-refractivity contribution in [3.8, 4) is 0 Å². The number of primary amides is 1. The van der Waals surface area contributed by atoms with Crippen molar-refractivity contribution in [3.63, 3.8) is 0 Å². The second kappa shape index (κ2) is 7.07. The smallest absolute Gasteiger partial charge is 0.246 e. The summed E-state index contributed by atoms with van der Waals surface area (Å²) in [5, 5.41) is 2.91. The number of nitrogens with two attached hydrogens (primary N) is 1. The maximum Gasteiger partial charge on any atom is 0.246 e. The molecule has 5 nitrogen and oxygen atoms in total. The molecular weight excluding hydrogens is 311 g/mol. The largest absolute Gasteiger partial charge is 0.367 e. The molecule has 0 aliphatic carbocycles. The Morgan fingerprint density at radius 3 is 2.82 bits per heavy atom. The van der Waals surface area contributed by atoms with Crippen molar-refractivity contribution < 1.29 is 18.7 Å². The summed E-state index contributed by atoms with van der Waals surface area (Å²) in [6.45, 7) is 1.55. The fourth-order valence-corrected chi connectivity index (χ4v) is 2.68. The number of carbonyl (C=O) groups excluding carboxylic acids is 2. The van der Waals surface area contributed by atoms with Gasteiger partial charge in [0.15, 0.2) is 0 Å². The molecule has 2 rings (SSSR count). The average molecular weight is 329 g/mol. The standard InChI is InChI=1S/C15H18ClFN2O3/c1-8-11(17)5-4-10(16)14(8)19-13(20)7-3-9-2-6-12(22-9)15(18)21/h4-5,9,12H,2-3,6-7H2,1H3,(H2,18,21)(H,19,20)/t9-,12+/m0/s1. The molecule has 0 radical (unpaired) electrons. The van der Waals surface area contributed by atoms with Gasteiger partial charge in [0, 0.05) is 12.0 Å². The van der Waals surface area contributed by atoms with E-state index in [1.54, 1.807) is 6.92 Å². The monoisotopic (exact) mass is 328 g/mol. The van der Waals surface area contributed by atoms with Crippen LogP contribution >= 0.6 is 11.6 Å². The van der Waals surface area contributed by atoms with Crippen LogP contribution in [0.4, 0.5) is 10.1 Å². The van der Waals surface area contributed by atoms with E-state index in [1.807, 2.05) is 0 Å². The molecule has 1 aromatic carbocycles. The molecule has 7 heteroatoms. The number of rotatable bonds is 5. The van der Waals surface area contributed by atoms with Gasteiger partial charge in [0.25, 0.3) is 0 Å². The third-order valence-corrected chi connectivity index (χ3v) is 4.05. The van der Waals surface area contributed by atoms with Crippen LogP contribution in [0.3, 0.4) is 0 Å². The first-order valence-corrected chi connectivity index (χ1v) is 7.45. The van der Waals surface area contributed by atoms with Crippen LogP contribution in [0.1, 0.15) is 31.2 Å². The van der Waals surface area contributed by atoms with E-state index < -0.39 is 17.8 Å². The molecule has 0 bridgehead atoms. The SMILES string of the molecule is Cc1c(F)ccc(Cl)c1NC(=O)CC[C@@H]1CC[C@H](C(N)=O)O1. The lowest BCUT2D eigenvalue weighted by atomic mass is 10.1. The van der Waals surface area contributed by atoms with Gasteiger partial charge in [-0.1, -0.05) is 11.6 Å². The highest BCUT2D eigenvalue weighted by Crippen LogP contribution is 2.28. The molecule has 2 amide bonds. The number of hydrogen-bond acceptors (Lipinski definition) is 3. The lowest BCUT2D eigenvalue weighted by molar-refractivity contribution is -0.128. The van der Waals surface area contributed by atoms with Crippen molar-refractivity contribution in [1.29, 1.82) is 0 Å². The number of amides is 2. The summed E-state index contributed by atoms with van der Waals surface area (Å²) in [5.74, 6) is -1.18. The zero-order valence-electron chi connectivity index (χ0n) is 12.2. The fourth-order valence-electron chi connectivity index (χ4n) is 2.43. The van der Waals surface area contributed by atoms with E-state index in [0.29, 0.717) is 24.8 Å². The molecule has 3 N–H and O–H groups in total. The molecule has 1 heterocycles. The van der Waals surface area contributed by atoms with Crippen LogP contribution in [0, 0.1) is 12.7 Å². The number of hydrogen-bond donors (Lipinski definition) is 2. The number of benzene rings is 1. The van der Waals surface area contributed by atoms with Gasteiger partial charge in [-0.25, -0.2) is 4.39 Å². The van der Waals surface area contributed by atoms with Crippen molar-refractivity contribution in [2.24, 2.45) is 5.73 Å². The maximum absolute atomic E-state index is 13.5. The van der Waals surface area contributed by atoms with Gasteiger partial charge in [0.05, 0.1) is 16.8 Å². The number of ether oxygens (including phenoxy) is 1. The van der Waals surface area contributed by atoms with E-state index in [2.05, 4.69) is 5.32 Å². The normalized spacial score (nSPS) is 20.9. The summed E-state index contributed by atoms with van der Waals surface area (Å²) < 4.78 is 18.9. The Morgan fingerprint density at radius 2 is 2.18 bits per heavy atom. The van der Waals surface area contributed by atoms with E-state index in [-0.39, 0.29) is 29.1 Å². The third-order valence-electron chi connectivity index (χ3n) is 3.73. The van der Waals surface area contributed by atoms with E-state index in [0.717, 1.165) is 0 Å². The molecule has 120 valence electrons. The second-order valence-electron chi connectivity index (χ2n) is 5.34. The van der Waals surface area contributed by atoms with Crippen LogP contribution in [0.2, 0.25) is 5.02 Å². The molecule has 1 saturated heterocycles. The van der Waals surface area contributed by atoms with Gasteiger partial charge in [-0.3, -0.25) is 9.59 Å². The summed E-state index contributed by atoms with van der Waals surface area (Å²) >= 11 is 5.97. The predicted octanol–water partition coefficient (Wildman–Crippen LogP) is 2.54. The van der Waals surface area contributed by atoms with Gasteiger partial charge in [-0.05, 0) is 38.3 Å². The highest BCUT2D eigenvalue weighted by atomic mass is 35.5. The van der Waals surface area contributed by atoms with Gasteiger partial charge >= 0.3 is 0 Å². The van der Waals surface area contributed by atoms with Crippen LogP contribution < -0.4 is 11.1 Å². The minimum Gasteiger partial charge on any atom is -0.367 e. The molecule has 1 aliphatic rings. The van der Waals surface area contributed by atoms with Gasteiger partial charge in [-0.15, -0.1) is 0 Å². The lowest BCUT2D eigenvalue weighted by Gasteiger charge is -2.13. The molecule has 2 atom stereocenters. The van der Waals surface area contributed by atoms with Crippen molar-refractivity contribution >= 4 is 29.1 Å². The van der Waals surface area contributed by atoms with Crippen LogP contribution in [-0.4, -0.2) is 24.0 Å². The molecule has 1 aromatic rings. The Balaban J connectivity index is 1.87. The average Bonchev–Trinajstić information content (AvgIpc) is 2.95. The molecule has 0 unspecified atom stereocenters. The molecule has 0 aromatic heterocycles. The Hall–Kier alpha value is -1.66. The number of carbonyl (C=O) groups is 2. The van der Waals surface area contributed by atoms with Crippen LogP contribution in [0.25, 0.3) is 0 Å². The minimum atomic E-state index is -0.562. The van der Waals surface area contributed by atoms with Crippen molar-refractivity contribution in [2.45, 2.75) is 44.8 Å². The van der Waals surface area contributed by atoms with Crippen molar-refractivity contribution in [2.75, 3.05) is 5.32 Å². The van der Waals surface area contributed by atoms with E-state index in [9.17, 15) is 14.0 Å². The Bertz CT molecular complexity index is 594. The Labute approximate surface area is 133 Å². The Morgan fingerprint density at radius 1 is 1.45 bits per heavy atom. The summed E-state index contributed by atoms with van der Waals surface area (Å²) in [6.07, 6.45) is 1.22. The minimum absolute atomic E-state index is 0.160. The maximum atomic E-state index is 13.5. The van der Waals surface area contributed by atoms with Crippen LogP contribution in [0.5, 0.6) is 0 Å². The fraction of sp³-hybridized carbons (Fsp3) is 0.467. The van der Waals surface area contributed by atoms with Gasteiger partial charge in [0.2, 0.25) is 11.8 Å². The summed E-state index contributed by atoms with van der Waals surface area (Å²) in [5.41, 5.74) is 5.76. The molecule has 1 fully saturated rings. The van der Waals surface area contributed by atoms with Gasteiger partial charge < -0.3 is 15.8 Å². The molecule has 0 spiro atoms. The highest BCUT2D eigenvalue weighted by molar-refractivity contribution is 6.33. The first kappa shape index (κ1) is 16.7. The Kier molecular flexibility index (Phi) is 5.37. The highest BCUT2D eigenvalue weighted by Gasteiger charge is 2.29. The summed E-state index contributed by atoms with van der Waals surface area (Å²) in [6, 6.07) is 2.65. The molecule has 0 saturated carbocycles. The number of anilines is 1. The summed E-state index contributed by atoms with van der Waals surface area (Å²) in [7, 11) is 0. The van der Waals surface area contributed by atoms with E-state index in [1.165, 1.54) is 12.1 Å². The van der Waals surface area contributed by atoms with Gasteiger partial charge in [-0.2, -0.15) is 0 Å². The molecular formula is C15H18ClFN2O3. The lowest BCUT2D eigenvalue weighted by Crippen LogP contribution is -2.28. The number of halogens is 2. The van der Waals surface area contributed by atoms with E-state index >= 15 is 0 Å². The van der Waals surface area contributed by atoms with Crippen LogP contribution in [0.15, 0.2) is 12.1 Å². The zero-order valence-corrected chi connectivity index (χ0v) is 13.0. The van der Waals surface area contributed by atoms with Gasteiger partial charge in [0.1, 0.15) is 11.9 Å². The first-order valence-electron chi connectivity index (χ1n) is 7.07. The third kappa shape index (κ3) is 3.96.